The van der Waals surface area contributed by atoms with Gasteiger partial charge in [-0.05, 0) is 57.2 Å². The Morgan fingerprint density at radius 2 is 1.79 bits per heavy atom. The third kappa shape index (κ3) is 2.75. The van der Waals surface area contributed by atoms with Crippen LogP contribution in [-0.4, -0.2) is 36.1 Å². The lowest BCUT2D eigenvalue weighted by Gasteiger charge is -2.27. The van der Waals surface area contributed by atoms with Gasteiger partial charge in [0.05, 0.1) is 23.3 Å². The molecule has 0 aliphatic carbocycles. The molecular weight excluding hydrogens is 367 g/mol. The number of nitrogens with one attached hydrogen (secondary N) is 1. The van der Waals surface area contributed by atoms with E-state index >= 15 is 0 Å². The second-order valence-corrected chi connectivity index (χ2v) is 8.64. The predicted octanol–water partition coefficient (Wildman–Crippen LogP) is 3.80. The summed E-state index contributed by atoms with van der Waals surface area (Å²) in [4.78, 5) is 9.16. The average Bonchev–Trinajstić information content (AvgIpc) is 3.38. The van der Waals surface area contributed by atoms with Gasteiger partial charge in [-0.15, -0.1) is 0 Å². The van der Waals surface area contributed by atoms with Gasteiger partial charge in [0.25, 0.3) is 0 Å². The van der Waals surface area contributed by atoms with Gasteiger partial charge in [-0.3, -0.25) is 0 Å². The van der Waals surface area contributed by atoms with E-state index in [2.05, 4.69) is 20.4 Å². The number of fused-ring (bicyclic) bond motifs is 4. The lowest BCUT2D eigenvalue weighted by Crippen LogP contribution is -2.37. The monoisotopic (exact) mass is 390 g/mol. The van der Waals surface area contributed by atoms with Gasteiger partial charge in [-0.25, -0.2) is 18.9 Å². The number of piperidine rings is 1. The Hall–Kier alpha value is -2.80. The van der Waals surface area contributed by atoms with Gasteiger partial charge in [-0.1, -0.05) is 0 Å². The van der Waals surface area contributed by atoms with Gasteiger partial charge in [-0.2, -0.15) is 5.10 Å². The Balaban J connectivity index is 1.42. The largest absolute Gasteiger partial charge is 0.311 e. The van der Waals surface area contributed by atoms with Crippen LogP contribution in [0.15, 0.2) is 30.7 Å². The molecule has 0 aromatic carbocycles. The molecule has 0 saturated carbocycles. The Morgan fingerprint density at radius 1 is 1.00 bits per heavy atom. The lowest BCUT2D eigenvalue weighted by atomic mass is 9.90. The van der Waals surface area contributed by atoms with Crippen molar-refractivity contribution >= 4 is 11.3 Å². The highest BCUT2D eigenvalue weighted by Gasteiger charge is 2.35. The number of hydrogen-bond donors (Lipinski definition) is 1. The fourth-order valence-corrected chi connectivity index (χ4v) is 5.10. The van der Waals surface area contributed by atoms with E-state index in [1.807, 2.05) is 42.9 Å². The van der Waals surface area contributed by atoms with Crippen LogP contribution in [0, 0.1) is 19.7 Å². The summed E-state index contributed by atoms with van der Waals surface area (Å²) in [6, 6.07) is 4.67. The first-order valence-electron chi connectivity index (χ1n) is 10.3. The van der Waals surface area contributed by atoms with Crippen LogP contribution in [0.2, 0.25) is 0 Å². The molecule has 1 N–H and O–H groups in total. The fourth-order valence-electron chi connectivity index (χ4n) is 5.10. The molecule has 7 heteroatoms. The van der Waals surface area contributed by atoms with Crippen molar-refractivity contribution in [2.75, 3.05) is 0 Å². The van der Waals surface area contributed by atoms with Crippen molar-refractivity contribution in [2.24, 2.45) is 0 Å². The van der Waals surface area contributed by atoms with Crippen molar-refractivity contribution in [1.29, 1.82) is 0 Å². The molecule has 0 radical (unpaired) electrons. The molecule has 6 rings (SSSR count). The van der Waals surface area contributed by atoms with Crippen LogP contribution in [-0.2, 0) is 0 Å². The summed E-state index contributed by atoms with van der Waals surface area (Å²) in [5, 5.41) is 8.31. The maximum atomic E-state index is 15.0. The number of rotatable bonds is 2. The molecule has 2 aliphatic heterocycles. The third-order valence-electron chi connectivity index (χ3n) is 6.44. The number of imidazole rings is 2. The van der Waals surface area contributed by atoms with Gasteiger partial charge in [0.1, 0.15) is 0 Å². The summed E-state index contributed by atoms with van der Waals surface area (Å²) < 4.78 is 18.5. The maximum Gasteiger partial charge on any atom is 0.173 e. The molecule has 6 heterocycles. The van der Waals surface area contributed by atoms with Gasteiger partial charge in [0, 0.05) is 36.0 Å². The number of hydrogen-bond acceptors (Lipinski definition) is 4. The number of aromatic nitrogens is 5. The summed E-state index contributed by atoms with van der Waals surface area (Å²) in [7, 11) is 0. The van der Waals surface area contributed by atoms with E-state index in [0.29, 0.717) is 23.6 Å². The standard InChI is InChI=1S/C22H23FN6/c1-12-5-19(27-29-9-13(2)24-21(12)29)15-8-18(23)22-26-20(11-28(22)10-15)14-6-16-3-4-17(7-14)25-16/h5,8-11,14,16-17,25H,3-4,6-7H2,1-2H3. The number of nitrogens with zero attached hydrogens (tertiary/aromatic N) is 5. The fraction of sp³-hybridized carbons (Fsp3) is 0.409. The first kappa shape index (κ1) is 17.1. The Morgan fingerprint density at radius 3 is 2.59 bits per heavy atom. The highest BCUT2D eigenvalue weighted by Crippen LogP contribution is 2.37. The van der Waals surface area contributed by atoms with Crippen molar-refractivity contribution in [1.82, 2.24) is 29.3 Å². The number of halogens is 1. The maximum absolute atomic E-state index is 15.0. The first-order chi connectivity index (χ1) is 14.0. The molecule has 29 heavy (non-hydrogen) atoms. The van der Waals surface area contributed by atoms with Crippen molar-refractivity contribution in [3.05, 3.63) is 53.5 Å². The van der Waals surface area contributed by atoms with E-state index in [4.69, 9.17) is 0 Å². The molecule has 2 aliphatic rings. The quantitative estimate of drug-likeness (QED) is 0.566. The molecule has 6 nitrogen and oxygen atoms in total. The zero-order valence-electron chi connectivity index (χ0n) is 16.6. The van der Waals surface area contributed by atoms with E-state index < -0.39 is 0 Å². The molecule has 2 saturated heterocycles. The minimum atomic E-state index is -0.313. The Kier molecular flexibility index (Phi) is 3.59. The molecule has 2 atom stereocenters. The molecule has 2 bridgehead atoms. The van der Waals surface area contributed by atoms with Crippen LogP contribution >= 0.6 is 0 Å². The molecular formula is C22H23FN6. The topological polar surface area (TPSA) is 59.5 Å². The molecule has 0 spiro atoms. The normalized spacial score (nSPS) is 24.0. The Labute approximate surface area is 167 Å². The second-order valence-electron chi connectivity index (χ2n) is 8.64. The number of pyridine rings is 1. The summed E-state index contributed by atoms with van der Waals surface area (Å²) in [6.07, 6.45) is 10.5. The molecule has 2 unspecified atom stereocenters. The molecule has 2 fully saturated rings. The zero-order chi connectivity index (χ0) is 19.7. The SMILES string of the molecule is Cc1cn2nc(-c3cc(F)c4nc(C5CC6CCC(C5)N6)cn4c3)cc(C)c2n1. The van der Waals surface area contributed by atoms with E-state index in [1.54, 1.807) is 4.52 Å². The van der Waals surface area contributed by atoms with E-state index in [-0.39, 0.29) is 5.82 Å². The van der Waals surface area contributed by atoms with Crippen molar-refractivity contribution in [2.45, 2.75) is 57.5 Å². The Bertz CT molecular complexity index is 1240. The van der Waals surface area contributed by atoms with Gasteiger partial charge in [0.2, 0.25) is 0 Å². The van der Waals surface area contributed by atoms with Crippen LogP contribution in [0.1, 0.15) is 48.6 Å². The lowest BCUT2D eigenvalue weighted by molar-refractivity contribution is 0.359. The number of aryl methyl sites for hydroxylation is 2. The van der Waals surface area contributed by atoms with E-state index in [9.17, 15) is 4.39 Å². The van der Waals surface area contributed by atoms with Gasteiger partial charge < -0.3 is 9.72 Å². The molecule has 148 valence electrons. The average molecular weight is 390 g/mol. The van der Waals surface area contributed by atoms with Crippen LogP contribution in [0.4, 0.5) is 4.39 Å². The molecule has 4 aromatic rings. The van der Waals surface area contributed by atoms with Crippen LogP contribution < -0.4 is 5.32 Å². The van der Waals surface area contributed by atoms with Crippen LogP contribution in [0.3, 0.4) is 0 Å². The van der Waals surface area contributed by atoms with Gasteiger partial charge in [0.15, 0.2) is 17.1 Å². The predicted molar refractivity (Wildman–Crippen MR) is 109 cm³/mol. The van der Waals surface area contributed by atoms with Crippen molar-refractivity contribution in [3.63, 3.8) is 0 Å². The van der Waals surface area contributed by atoms with E-state index in [0.717, 1.165) is 46.7 Å². The first-order valence-corrected chi connectivity index (χ1v) is 10.3. The van der Waals surface area contributed by atoms with E-state index in [1.165, 1.54) is 18.9 Å². The highest BCUT2D eigenvalue weighted by atomic mass is 19.1. The molecule has 4 aromatic heterocycles. The summed E-state index contributed by atoms with van der Waals surface area (Å²) in [6.45, 7) is 3.95. The summed E-state index contributed by atoms with van der Waals surface area (Å²) >= 11 is 0. The summed E-state index contributed by atoms with van der Waals surface area (Å²) in [5.74, 6) is 0.0918. The second kappa shape index (κ2) is 6.10. The van der Waals surface area contributed by atoms with Crippen molar-refractivity contribution < 1.29 is 4.39 Å². The minimum Gasteiger partial charge on any atom is -0.311 e. The van der Waals surface area contributed by atoms with Crippen LogP contribution in [0.5, 0.6) is 0 Å². The molecule has 0 amide bonds. The smallest absolute Gasteiger partial charge is 0.173 e. The van der Waals surface area contributed by atoms with Crippen molar-refractivity contribution in [3.8, 4) is 11.3 Å². The summed E-state index contributed by atoms with van der Waals surface area (Å²) in [5.41, 5.74) is 5.62. The van der Waals surface area contributed by atoms with Crippen LogP contribution in [0.25, 0.3) is 22.6 Å². The van der Waals surface area contributed by atoms with Gasteiger partial charge >= 0.3 is 0 Å². The highest BCUT2D eigenvalue weighted by molar-refractivity contribution is 5.64. The zero-order valence-corrected chi connectivity index (χ0v) is 16.6. The minimum absolute atomic E-state index is 0.313. The third-order valence-corrected chi connectivity index (χ3v) is 6.44.